The molecule has 0 aromatic heterocycles. The van der Waals surface area contributed by atoms with E-state index >= 15 is 0 Å². The number of nitrogens with zero attached hydrogens (tertiary/aromatic N) is 3. The molecule has 5 N–H and O–H groups in total. The van der Waals surface area contributed by atoms with Crippen LogP contribution in [-0.2, 0) is 0 Å². The Morgan fingerprint density at radius 2 is 2.15 bits per heavy atom. The van der Waals surface area contributed by atoms with E-state index in [-0.39, 0.29) is 24.7 Å². The lowest BCUT2D eigenvalue weighted by molar-refractivity contribution is 0.255. The molecule has 2 rings (SSSR count). The van der Waals surface area contributed by atoms with Crippen molar-refractivity contribution in [3.63, 3.8) is 0 Å². The first-order valence-corrected chi connectivity index (χ1v) is 6.14. The van der Waals surface area contributed by atoms with Gasteiger partial charge in [0.25, 0.3) is 0 Å². The van der Waals surface area contributed by atoms with Crippen LogP contribution in [0.4, 0.5) is 11.4 Å². The predicted molar refractivity (Wildman–Crippen MR) is 79.1 cm³/mol. The molecule has 0 unspecified atom stereocenters. The van der Waals surface area contributed by atoms with E-state index in [1.165, 1.54) is 11.2 Å². The number of β-amino-alcohol motifs (C(OH)–C–C–N with tert-alkyl or cyclic N) is 1. The number of phenolic OH excluding ortho intramolecular Hbond substituents is 1. The van der Waals surface area contributed by atoms with E-state index in [1.54, 1.807) is 19.9 Å². The van der Waals surface area contributed by atoms with Gasteiger partial charge in [-0.1, -0.05) is 0 Å². The number of hydrazone groups is 1. The second kappa shape index (κ2) is 5.30. The molecule has 7 heteroatoms. The molecule has 1 heterocycles. The van der Waals surface area contributed by atoms with Crippen LogP contribution in [0.2, 0.25) is 0 Å². The minimum atomic E-state index is -0.0907. The number of aliphatic imine (C=N–C) groups is 1. The Balaban J connectivity index is 2.38. The van der Waals surface area contributed by atoms with E-state index < -0.39 is 0 Å². The number of hydrogen-bond donors (Lipinski definition) is 4. The highest BCUT2D eigenvalue weighted by Gasteiger charge is 2.20. The number of nitrogen functional groups attached to an aromatic ring is 1. The Kier molecular flexibility index (Phi) is 3.71. The van der Waals surface area contributed by atoms with Gasteiger partial charge < -0.3 is 15.9 Å². The highest BCUT2D eigenvalue weighted by atomic mass is 16.3. The normalized spacial score (nSPS) is 16.4. The Morgan fingerprint density at radius 3 is 2.80 bits per heavy atom. The van der Waals surface area contributed by atoms with Crippen LogP contribution in [-0.4, -0.2) is 46.1 Å². The zero-order chi connectivity index (χ0) is 14.9. The highest BCUT2D eigenvalue weighted by Crippen LogP contribution is 2.35. The third-order valence-corrected chi connectivity index (χ3v) is 3.13. The number of aryl methyl sites for hydroxylation is 1. The van der Waals surface area contributed by atoms with E-state index in [9.17, 15) is 5.11 Å². The minimum absolute atomic E-state index is 0.0907. The maximum atomic E-state index is 9.80. The zero-order valence-corrected chi connectivity index (χ0v) is 11.4. The summed E-state index contributed by atoms with van der Waals surface area (Å²) < 4.78 is 0. The molecule has 20 heavy (non-hydrogen) atoms. The first-order valence-electron chi connectivity index (χ1n) is 6.14. The van der Waals surface area contributed by atoms with Gasteiger partial charge in [0.15, 0.2) is 5.84 Å². The van der Waals surface area contributed by atoms with Crippen LogP contribution >= 0.6 is 0 Å². The third-order valence-electron chi connectivity index (χ3n) is 3.13. The van der Waals surface area contributed by atoms with Gasteiger partial charge in [0.1, 0.15) is 11.5 Å². The minimum Gasteiger partial charge on any atom is -0.507 e. The lowest BCUT2D eigenvalue weighted by Gasteiger charge is -2.12. The first-order chi connectivity index (χ1) is 9.45. The highest BCUT2D eigenvalue weighted by molar-refractivity contribution is 6.63. The van der Waals surface area contributed by atoms with Gasteiger partial charge in [-0.05, 0) is 25.5 Å². The van der Waals surface area contributed by atoms with Crippen molar-refractivity contribution < 1.29 is 10.2 Å². The molecular formula is C13H17N5O2. The van der Waals surface area contributed by atoms with E-state index in [0.717, 1.165) is 0 Å². The van der Waals surface area contributed by atoms with Gasteiger partial charge >= 0.3 is 0 Å². The summed E-state index contributed by atoms with van der Waals surface area (Å²) in [5.41, 5.74) is 8.41. The van der Waals surface area contributed by atoms with Crippen LogP contribution in [0.5, 0.6) is 5.75 Å². The number of hydrogen-bond acceptors (Lipinski definition) is 6. The van der Waals surface area contributed by atoms with E-state index in [2.05, 4.69) is 10.1 Å². The fraction of sp³-hybridized carbons (Fsp3) is 0.308. The van der Waals surface area contributed by atoms with Crippen molar-refractivity contribution in [2.45, 2.75) is 13.8 Å². The van der Waals surface area contributed by atoms with Crippen molar-refractivity contribution in [1.82, 2.24) is 5.01 Å². The molecule has 0 spiro atoms. The second-order valence-corrected chi connectivity index (χ2v) is 4.54. The summed E-state index contributed by atoms with van der Waals surface area (Å²) in [6.07, 6.45) is 1.45. The van der Waals surface area contributed by atoms with Gasteiger partial charge in [-0.15, -0.1) is 0 Å². The fourth-order valence-electron chi connectivity index (χ4n) is 1.91. The third kappa shape index (κ3) is 2.35. The SMILES string of the molecule is Cc1cc(N=C2C=NN(CCO)C2=N)c(N)c(C)c1O. The van der Waals surface area contributed by atoms with Gasteiger partial charge in [-0.3, -0.25) is 5.41 Å². The predicted octanol–water partition coefficient (Wildman–Crippen LogP) is 0.935. The molecule has 0 fully saturated rings. The zero-order valence-electron chi connectivity index (χ0n) is 11.4. The van der Waals surface area contributed by atoms with Crippen molar-refractivity contribution in [3.05, 3.63) is 17.2 Å². The Morgan fingerprint density at radius 1 is 1.45 bits per heavy atom. The van der Waals surface area contributed by atoms with Crippen LogP contribution in [0, 0.1) is 19.3 Å². The van der Waals surface area contributed by atoms with E-state index in [0.29, 0.717) is 28.2 Å². The summed E-state index contributed by atoms with van der Waals surface area (Å²) >= 11 is 0. The van der Waals surface area contributed by atoms with Crippen LogP contribution in [0.25, 0.3) is 0 Å². The number of nitrogens with one attached hydrogen (secondary N) is 1. The average Bonchev–Trinajstić information content (AvgIpc) is 2.76. The summed E-state index contributed by atoms with van der Waals surface area (Å²) in [5, 5.41) is 31.9. The number of aliphatic hydroxyl groups excluding tert-OH is 1. The van der Waals surface area contributed by atoms with Gasteiger partial charge in [-0.25, -0.2) is 10.0 Å². The second-order valence-electron chi connectivity index (χ2n) is 4.54. The lowest BCUT2D eigenvalue weighted by Crippen LogP contribution is -2.28. The number of anilines is 1. The number of phenols is 1. The van der Waals surface area contributed by atoms with Crippen LogP contribution < -0.4 is 5.73 Å². The smallest absolute Gasteiger partial charge is 0.169 e. The van der Waals surface area contributed by atoms with E-state index in [1.807, 2.05) is 0 Å². The number of nitrogens with two attached hydrogens (primary N) is 1. The van der Waals surface area contributed by atoms with Crippen LogP contribution in [0.1, 0.15) is 11.1 Å². The standard InChI is InChI=1S/C13H17N5O2/c1-7-5-9(11(14)8(2)12(7)20)17-10-6-16-18(3-4-19)13(10)15/h5-6,15,19-20H,3-4,14H2,1-2H3. The Bertz CT molecular complexity index is 622. The molecule has 0 atom stereocenters. The Hall–Kier alpha value is -2.41. The van der Waals surface area contributed by atoms with Crippen molar-refractivity contribution in [2.75, 3.05) is 18.9 Å². The number of aliphatic hydroxyl groups is 1. The fourth-order valence-corrected chi connectivity index (χ4v) is 1.91. The van der Waals surface area contributed by atoms with Crippen molar-refractivity contribution in [3.8, 4) is 5.75 Å². The molecule has 0 bridgehead atoms. The molecule has 0 saturated carbocycles. The lowest BCUT2D eigenvalue weighted by atomic mass is 10.1. The molecule has 1 aromatic carbocycles. The number of amidine groups is 1. The largest absolute Gasteiger partial charge is 0.507 e. The van der Waals surface area contributed by atoms with Crippen LogP contribution in [0.15, 0.2) is 16.2 Å². The van der Waals surface area contributed by atoms with Gasteiger partial charge in [-0.2, -0.15) is 5.10 Å². The van der Waals surface area contributed by atoms with Gasteiger partial charge in [0.2, 0.25) is 0 Å². The number of benzene rings is 1. The van der Waals surface area contributed by atoms with Gasteiger partial charge in [0, 0.05) is 5.56 Å². The molecule has 106 valence electrons. The molecule has 0 saturated heterocycles. The molecule has 0 amide bonds. The Labute approximate surface area is 116 Å². The van der Waals surface area contributed by atoms with Crippen molar-refractivity contribution in [1.29, 1.82) is 5.41 Å². The molecular weight excluding hydrogens is 258 g/mol. The number of rotatable bonds is 3. The van der Waals surface area contributed by atoms with Crippen molar-refractivity contribution in [2.24, 2.45) is 10.1 Å². The quantitative estimate of drug-likeness (QED) is 0.614. The maximum Gasteiger partial charge on any atom is 0.169 e. The summed E-state index contributed by atoms with van der Waals surface area (Å²) in [6.45, 7) is 3.63. The van der Waals surface area contributed by atoms with Crippen LogP contribution in [0.3, 0.4) is 0 Å². The number of aromatic hydroxyl groups is 1. The van der Waals surface area contributed by atoms with Crippen molar-refractivity contribution >= 4 is 29.1 Å². The monoisotopic (exact) mass is 275 g/mol. The molecule has 0 aliphatic carbocycles. The van der Waals surface area contributed by atoms with Gasteiger partial charge in [0.05, 0.1) is 30.7 Å². The first kappa shape index (κ1) is 14.0. The topological polar surface area (TPSA) is 118 Å². The molecule has 1 aromatic rings. The molecule has 7 nitrogen and oxygen atoms in total. The van der Waals surface area contributed by atoms with E-state index in [4.69, 9.17) is 16.2 Å². The molecule has 1 aliphatic rings. The molecule has 1 aliphatic heterocycles. The summed E-state index contributed by atoms with van der Waals surface area (Å²) in [5.74, 6) is 0.269. The maximum absolute atomic E-state index is 9.80. The summed E-state index contributed by atoms with van der Waals surface area (Å²) in [6, 6.07) is 1.67. The summed E-state index contributed by atoms with van der Waals surface area (Å²) in [4.78, 5) is 4.32. The average molecular weight is 275 g/mol. The summed E-state index contributed by atoms with van der Waals surface area (Å²) in [7, 11) is 0. The molecule has 0 radical (unpaired) electrons.